The van der Waals surface area contributed by atoms with Gasteiger partial charge in [-0.1, -0.05) is 0 Å². The van der Waals surface area contributed by atoms with Gasteiger partial charge in [0.2, 0.25) is 0 Å². The van der Waals surface area contributed by atoms with Gasteiger partial charge in [0.1, 0.15) is 5.75 Å². The van der Waals surface area contributed by atoms with E-state index in [1.807, 2.05) is 0 Å². The van der Waals surface area contributed by atoms with E-state index >= 15 is 0 Å². The number of carbonyl (C=O) groups excluding carboxylic acids is 2. The highest BCUT2D eigenvalue weighted by atomic mass is 35.5. The summed E-state index contributed by atoms with van der Waals surface area (Å²) in [7, 11) is 0. The largest absolute Gasteiger partial charge is 0.482 e. The molecular weight excluding hydrogens is 294 g/mol. The van der Waals surface area contributed by atoms with Gasteiger partial charge in [0.15, 0.2) is 6.61 Å². The van der Waals surface area contributed by atoms with Crippen molar-refractivity contribution in [2.75, 3.05) is 18.5 Å². The molecule has 1 aliphatic carbocycles. The number of ether oxygens (including phenoxy) is 1. The minimum atomic E-state index is -0.190. The third kappa shape index (κ3) is 3.65. The third-order valence-corrected chi connectivity index (χ3v) is 3.60. The lowest BCUT2D eigenvalue weighted by atomic mass is 10.1. The molecule has 0 radical (unpaired) electrons. The summed E-state index contributed by atoms with van der Waals surface area (Å²) in [6.45, 7) is 0.461. The molecule has 0 spiro atoms. The van der Waals surface area contributed by atoms with Crippen molar-refractivity contribution in [2.45, 2.75) is 18.9 Å². The molecule has 1 aliphatic heterocycles. The van der Waals surface area contributed by atoms with Crippen LogP contribution in [-0.4, -0.2) is 31.0 Å². The molecule has 0 aromatic heterocycles. The van der Waals surface area contributed by atoms with E-state index < -0.39 is 0 Å². The van der Waals surface area contributed by atoms with Gasteiger partial charge in [0.25, 0.3) is 11.8 Å². The SMILES string of the molecule is Cl.NC(CNC(=O)c1ccc2c(c1)OCC(=O)N2)C1CC1. The molecule has 1 fully saturated rings. The molecule has 1 unspecified atom stereocenters. The first-order valence-corrected chi connectivity index (χ1v) is 6.74. The summed E-state index contributed by atoms with van der Waals surface area (Å²) in [6.07, 6.45) is 2.31. The number of hydrogen-bond acceptors (Lipinski definition) is 4. The Labute approximate surface area is 128 Å². The maximum atomic E-state index is 12.0. The summed E-state index contributed by atoms with van der Waals surface area (Å²) < 4.78 is 5.28. The van der Waals surface area contributed by atoms with E-state index in [1.165, 1.54) is 0 Å². The molecule has 1 aromatic carbocycles. The fourth-order valence-corrected chi connectivity index (χ4v) is 2.22. The quantitative estimate of drug-likeness (QED) is 0.770. The molecule has 6 nitrogen and oxygen atoms in total. The number of anilines is 1. The lowest BCUT2D eigenvalue weighted by Gasteiger charge is -2.18. The predicted octanol–water partition coefficient (Wildman–Crippen LogP) is 0.906. The molecule has 1 saturated carbocycles. The number of nitrogens with one attached hydrogen (secondary N) is 2. The fourth-order valence-electron chi connectivity index (χ4n) is 2.22. The van der Waals surface area contributed by atoms with Crippen LogP contribution in [0.3, 0.4) is 0 Å². The number of benzene rings is 1. The smallest absolute Gasteiger partial charge is 0.262 e. The maximum absolute atomic E-state index is 12.0. The van der Waals surface area contributed by atoms with Crippen LogP contribution in [0.5, 0.6) is 5.75 Å². The van der Waals surface area contributed by atoms with Gasteiger partial charge in [-0.25, -0.2) is 0 Å². The van der Waals surface area contributed by atoms with Crippen LogP contribution in [0.4, 0.5) is 5.69 Å². The van der Waals surface area contributed by atoms with Crippen molar-refractivity contribution in [1.82, 2.24) is 5.32 Å². The van der Waals surface area contributed by atoms with Gasteiger partial charge >= 0.3 is 0 Å². The second-order valence-electron chi connectivity index (χ2n) is 5.26. The van der Waals surface area contributed by atoms with Crippen molar-refractivity contribution in [1.29, 1.82) is 0 Å². The van der Waals surface area contributed by atoms with Crippen molar-refractivity contribution in [3.63, 3.8) is 0 Å². The zero-order chi connectivity index (χ0) is 14.1. The van der Waals surface area contributed by atoms with Crippen LogP contribution in [0.2, 0.25) is 0 Å². The topological polar surface area (TPSA) is 93.4 Å². The van der Waals surface area contributed by atoms with Crippen LogP contribution in [-0.2, 0) is 4.79 Å². The second-order valence-corrected chi connectivity index (χ2v) is 5.26. The van der Waals surface area contributed by atoms with Gasteiger partial charge in [-0.3, -0.25) is 9.59 Å². The maximum Gasteiger partial charge on any atom is 0.262 e. The number of fused-ring (bicyclic) bond motifs is 1. The Kier molecular flexibility index (Phi) is 4.69. The van der Waals surface area contributed by atoms with Crippen LogP contribution in [0, 0.1) is 5.92 Å². The van der Waals surface area contributed by atoms with Crippen molar-refractivity contribution in [3.05, 3.63) is 23.8 Å². The molecule has 2 amide bonds. The first-order chi connectivity index (χ1) is 9.63. The first-order valence-electron chi connectivity index (χ1n) is 6.74. The average Bonchev–Trinajstić information content (AvgIpc) is 3.28. The molecule has 1 heterocycles. The number of hydrogen-bond donors (Lipinski definition) is 3. The van der Waals surface area contributed by atoms with Crippen molar-refractivity contribution in [2.24, 2.45) is 11.7 Å². The molecule has 2 aliphatic rings. The zero-order valence-corrected chi connectivity index (χ0v) is 12.2. The van der Waals surface area contributed by atoms with Gasteiger partial charge in [-0.15, -0.1) is 12.4 Å². The molecular formula is C14H18ClN3O3. The second kappa shape index (κ2) is 6.32. The molecule has 4 N–H and O–H groups in total. The normalized spacial score (nSPS) is 17.7. The molecule has 0 saturated heterocycles. The molecule has 3 rings (SSSR count). The number of halogens is 1. The standard InChI is InChI=1S/C14H17N3O3.ClH/c15-10(8-1-2-8)6-16-14(19)9-3-4-11-12(5-9)20-7-13(18)17-11;/h3-5,8,10H,1-2,6-7,15H2,(H,16,19)(H,17,18);1H. The van der Waals surface area contributed by atoms with E-state index in [1.54, 1.807) is 18.2 Å². The Morgan fingerprint density at radius 2 is 2.24 bits per heavy atom. The molecule has 1 atom stereocenters. The highest BCUT2D eigenvalue weighted by molar-refractivity contribution is 5.98. The molecule has 0 bridgehead atoms. The molecule has 1 aromatic rings. The lowest BCUT2D eigenvalue weighted by molar-refractivity contribution is -0.118. The lowest BCUT2D eigenvalue weighted by Crippen LogP contribution is -2.38. The third-order valence-electron chi connectivity index (χ3n) is 3.60. The number of carbonyl (C=O) groups is 2. The minimum Gasteiger partial charge on any atom is -0.482 e. The number of amides is 2. The Balaban J connectivity index is 0.00000161. The van der Waals surface area contributed by atoms with Gasteiger partial charge < -0.3 is 21.1 Å². The van der Waals surface area contributed by atoms with Crippen LogP contribution in [0.25, 0.3) is 0 Å². The Morgan fingerprint density at radius 3 is 2.95 bits per heavy atom. The van der Waals surface area contributed by atoms with Gasteiger partial charge in [0, 0.05) is 18.2 Å². The highest BCUT2D eigenvalue weighted by Crippen LogP contribution is 2.31. The van der Waals surface area contributed by atoms with Gasteiger partial charge in [-0.05, 0) is 37.0 Å². The predicted molar refractivity (Wildman–Crippen MR) is 80.8 cm³/mol. The Bertz CT molecular complexity index is 560. The van der Waals surface area contributed by atoms with Crippen LogP contribution >= 0.6 is 12.4 Å². The fraction of sp³-hybridized carbons (Fsp3) is 0.429. The van der Waals surface area contributed by atoms with E-state index in [0.29, 0.717) is 29.5 Å². The van der Waals surface area contributed by atoms with E-state index in [4.69, 9.17) is 10.5 Å². The van der Waals surface area contributed by atoms with E-state index in [2.05, 4.69) is 10.6 Å². The summed E-state index contributed by atoms with van der Waals surface area (Å²) in [4.78, 5) is 23.2. The van der Waals surface area contributed by atoms with Gasteiger partial charge in [-0.2, -0.15) is 0 Å². The summed E-state index contributed by atoms with van der Waals surface area (Å²) in [6, 6.07) is 4.99. The van der Waals surface area contributed by atoms with Crippen LogP contribution < -0.4 is 21.1 Å². The molecule has 7 heteroatoms. The van der Waals surface area contributed by atoms with Gasteiger partial charge in [0.05, 0.1) is 5.69 Å². The zero-order valence-electron chi connectivity index (χ0n) is 11.4. The average molecular weight is 312 g/mol. The van der Waals surface area contributed by atoms with Crippen molar-refractivity contribution in [3.8, 4) is 5.75 Å². The van der Waals surface area contributed by atoms with Crippen molar-refractivity contribution < 1.29 is 14.3 Å². The van der Waals surface area contributed by atoms with E-state index in [9.17, 15) is 9.59 Å². The van der Waals surface area contributed by atoms with Crippen LogP contribution in [0.15, 0.2) is 18.2 Å². The number of rotatable bonds is 4. The Morgan fingerprint density at radius 1 is 1.48 bits per heavy atom. The summed E-state index contributed by atoms with van der Waals surface area (Å²) in [5.74, 6) is 0.704. The summed E-state index contributed by atoms with van der Waals surface area (Å²) >= 11 is 0. The van der Waals surface area contributed by atoms with E-state index in [-0.39, 0.29) is 36.9 Å². The summed E-state index contributed by atoms with van der Waals surface area (Å²) in [5, 5.41) is 5.51. The van der Waals surface area contributed by atoms with Crippen LogP contribution in [0.1, 0.15) is 23.2 Å². The summed E-state index contributed by atoms with van der Waals surface area (Å²) in [5.41, 5.74) is 7.04. The molecule has 114 valence electrons. The monoisotopic (exact) mass is 311 g/mol. The first kappa shape index (κ1) is 15.6. The highest BCUT2D eigenvalue weighted by Gasteiger charge is 2.28. The number of nitrogens with two attached hydrogens (primary N) is 1. The van der Waals surface area contributed by atoms with E-state index in [0.717, 1.165) is 12.8 Å². The Hall–Kier alpha value is -1.79. The van der Waals surface area contributed by atoms with Crippen molar-refractivity contribution >= 4 is 29.9 Å². The molecule has 21 heavy (non-hydrogen) atoms. The minimum absolute atomic E-state index is 0.